The molecule has 1 amide bonds. The van der Waals surface area contributed by atoms with Gasteiger partial charge < -0.3 is 10.5 Å². The number of nitrogens with two attached hydrogens (primary N) is 1. The van der Waals surface area contributed by atoms with Crippen LogP contribution in [0.2, 0.25) is 0 Å². The first-order valence-corrected chi connectivity index (χ1v) is 8.46. The van der Waals surface area contributed by atoms with Crippen LogP contribution in [0.25, 0.3) is 0 Å². The summed E-state index contributed by atoms with van der Waals surface area (Å²) in [6.07, 6.45) is 0.260. The van der Waals surface area contributed by atoms with E-state index in [0.29, 0.717) is 18.6 Å². The van der Waals surface area contributed by atoms with Crippen LogP contribution in [0.15, 0.2) is 52.3 Å². The second kappa shape index (κ2) is 5.66. The molecule has 0 radical (unpaired) electrons. The molecule has 1 unspecified atom stereocenters. The maximum Gasteiger partial charge on any atom is 0.258 e. The quantitative estimate of drug-likeness (QED) is 0.927. The lowest BCUT2D eigenvalue weighted by molar-refractivity contribution is -0.125. The van der Waals surface area contributed by atoms with Gasteiger partial charge in [-0.15, -0.1) is 0 Å². The van der Waals surface area contributed by atoms with Gasteiger partial charge in [0, 0.05) is 0 Å². The summed E-state index contributed by atoms with van der Waals surface area (Å²) in [5, 5.41) is 0. The molecular formula is C16H14FNO4S. The SMILES string of the molecule is NC(=O)C1CCc2ccc(S(=O)(=O)c3cccc(F)c3)cc2O1. The van der Waals surface area contributed by atoms with Gasteiger partial charge in [0.15, 0.2) is 6.10 Å². The highest BCUT2D eigenvalue weighted by Crippen LogP contribution is 2.32. The van der Waals surface area contributed by atoms with Crippen molar-refractivity contribution in [3.05, 3.63) is 53.8 Å². The summed E-state index contributed by atoms with van der Waals surface area (Å²) in [6, 6.07) is 9.23. The van der Waals surface area contributed by atoms with Gasteiger partial charge in [-0.2, -0.15) is 0 Å². The number of primary amides is 1. The molecule has 0 saturated carbocycles. The normalized spacial score (nSPS) is 17.2. The Bertz CT molecular complexity index is 879. The molecule has 0 bridgehead atoms. The zero-order chi connectivity index (χ0) is 16.6. The summed E-state index contributed by atoms with van der Waals surface area (Å²) >= 11 is 0. The van der Waals surface area contributed by atoms with Gasteiger partial charge in [0.05, 0.1) is 9.79 Å². The molecule has 0 aliphatic carbocycles. The molecule has 0 saturated heterocycles. The summed E-state index contributed by atoms with van der Waals surface area (Å²) in [5.74, 6) is -0.902. The van der Waals surface area contributed by atoms with Gasteiger partial charge in [0.2, 0.25) is 9.84 Å². The number of carbonyl (C=O) groups is 1. The van der Waals surface area contributed by atoms with Crippen molar-refractivity contribution in [1.82, 2.24) is 0 Å². The Hall–Kier alpha value is -2.41. The number of hydrogen-bond acceptors (Lipinski definition) is 4. The first kappa shape index (κ1) is 15.5. The van der Waals surface area contributed by atoms with Gasteiger partial charge in [-0.05, 0) is 48.7 Å². The number of ether oxygens (including phenoxy) is 1. The smallest absolute Gasteiger partial charge is 0.258 e. The molecule has 2 N–H and O–H groups in total. The first-order valence-electron chi connectivity index (χ1n) is 6.97. The molecule has 1 atom stereocenters. The maximum atomic E-state index is 13.3. The molecule has 1 aliphatic heterocycles. The average Bonchev–Trinajstić information content (AvgIpc) is 2.53. The molecule has 120 valence electrons. The van der Waals surface area contributed by atoms with E-state index in [9.17, 15) is 17.6 Å². The summed E-state index contributed by atoms with van der Waals surface area (Å²) in [6.45, 7) is 0. The largest absolute Gasteiger partial charge is 0.480 e. The lowest BCUT2D eigenvalue weighted by atomic mass is 10.0. The van der Waals surface area contributed by atoms with Crippen LogP contribution in [0, 0.1) is 5.82 Å². The van der Waals surface area contributed by atoms with E-state index in [1.807, 2.05) is 0 Å². The van der Waals surface area contributed by atoms with E-state index in [1.54, 1.807) is 6.07 Å². The number of benzene rings is 2. The Balaban J connectivity index is 2.02. The predicted molar refractivity (Wildman–Crippen MR) is 80.2 cm³/mol. The second-order valence-electron chi connectivity index (χ2n) is 5.28. The van der Waals surface area contributed by atoms with Crippen molar-refractivity contribution in [2.75, 3.05) is 0 Å². The third kappa shape index (κ3) is 2.92. The van der Waals surface area contributed by atoms with E-state index in [1.165, 1.54) is 30.3 Å². The molecule has 1 aliphatic rings. The number of amides is 1. The van der Waals surface area contributed by atoms with Gasteiger partial charge >= 0.3 is 0 Å². The minimum Gasteiger partial charge on any atom is -0.480 e. The molecule has 23 heavy (non-hydrogen) atoms. The van der Waals surface area contributed by atoms with Crippen molar-refractivity contribution in [2.24, 2.45) is 5.73 Å². The molecule has 0 spiro atoms. The lowest BCUT2D eigenvalue weighted by Gasteiger charge is -2.24. The minimum atomic E-state index is -3.87. The lowest BCUT2D eigenvalue weighted by Crippen LogP contribution is -2.36. The molecule has 0 aromatic heterocycles. The van der Waals surface area contributed by atoms with Crippen LogP contribution in [-0.4, -0.2) is 20.4 Å². The van der Waals surface area contributed by atoms with Gasteiger partial charge in [-0.25, -0.2) is 12.8 Å². The van der Waals surface area contributed by atoms with E-state index < -0.39 is 27.7 Å². The highest BCUT2D eigenvalue weighted by Gasteiger charge is 2.26. The minimum absolute atomic E-state index is 0.0213. The fourth-order valence-corrected chi connectivity index (χ4v) is 3.79. The highest BCUT2D eigenvalue weighted by atomic mass is 32.2. The number of hydrogen-bond donors (Lipinski definition) is 1. The number of sulfone groups is 1. The number of halogens is 1. The Morgan fingerprint density at radius 3 is 2.61 bits per heavy atom. The monoisotopic (exact) mass is 335 g/mol. The van der Waals surface area contributed by atoms with Crippen molar-refractivity contribution in [1.29, 1.82) is 0 Å². The van der Waals surface area contributed by atoms with E-state index in [0.717, 1.165) is 11.6 Å². The van der Waals surface area contributed by atoms with Crippen LogP contribution in [0.3, 0.4) is 0 Å². The third-order valence-electron chi connectivity index (χ3n) is 3.72. The molecule has 2 aromatic carbocycles. The summed E-state index contributed by atoms with van der Waals surface area (Å²) in [4.78, 5) is 11.1. The van der Waals surface area contributed by atoms with Crippen molar-refractivity contribution in [3.8, 4) is 5.75 Å². The third-order valence-corrected chi connectivity index (χ3v) is 5.47. The summed E-state index contributed by atoms with van der Waals surface area (Å²) < 4.78 is 43.9. The highest BCUT2D eigenvalue weighted by molar-refractivity contribution is 7.91. The first-order chi connectivity index (χ1) is 10.9. The van der Waals surface area contributed by atoms with Gasteiger partial charge in [-0.1, -0.05) is 12.1 Å². The number of fused-ring (bicyclic) bond motifs is 1. The number of aryl methyl sites for hydroxylation is 1. The van der Waals surface area contributed by atoms with Gasteiger partial charge in [0.25, 0.3) is 5.91 Å². The van der Waals surface area contributed by atoms with Crippen LogP contribution < -0.4 is 10.5 Å². The van der Waals surface area contributed by atoms with Crippen LogP contribution in [0.1, 0.15) is 12.0 Å². The molecule has 1 heterocycles. The molecular weight excluding hydrogens is 321 g/mol. The summed E-state index contributed by atoms with van der Waals surface area (Å²) in [7, 11) is -3.87. The molecule has 0 fully saturated rings. The molecule has 3 rings (SSSR count). The van der Waals surface area contributed by atoms with E-state index in [4.69, 9.17) is 10.5 Å². The Kier molecular flexibility index (Phi) is 3.81. The van der Waals surface area contributed by atoms with E-state index in [2.05, 4.69) is 0 Å². The zero-order valence-corrected chi connectivity index (χ0v) is 12.8. The topological polar surface area (TPSA) is 86.5 Å². The van der Waals surface area contributed by atoms with Crippen LogP contribution in [0.5, 0.6) is 5.75 Å². The Morgan fingerprint density at radius 1 is 1.17 bits per heavy atom. The standard InChI is InChI=1S/C16H14FNO4S/c17-11-2-1-3-12(8-11)23(20,21)13-6-4-10-5-7-14(16(18)19)22-15(10)9-13/h1-4,6,8-9,14H,5,7H2,(H2,18,19). The zero-order valence-electron chi connectivity index (χ0n) is 12.0. The predicted octanol–water partition coefficient (Wildman–Crippen LogP) is 1.84. The van der Waals surface area contributed by atoms with Crippen molar-refractivity contribution < 1.29 is 22.3 Å². The van der Waals surface area contributed by atoms with Gasteiger partial charge in [-0.3, -0.25) is 4.79 Å². The number of carbonyl (C=O) groups excluding carboxylic acids is 1. The fourth-order valence-electron chi connectivity index (χ4n) is 2.49. The Morgan fingerprint density at radius 2 is 1.91 bits per heavy atom. The van der Waals surface area contributed by atoms with Crippen LogP contribution in [-0.2, 0) is 21.1 Å². The van der Waals surface area contributed by atoms with Crippen molar-refractivity contribution >= 4 is 15.7 Å². The van der Waals surface area contributed by atoms with E-state index >= 15 is 0 Å². The second-order valence-corrected chi connectivity index (χ2v) is 7.23. The van der Waals surface area contributed by atoms with Crippen molar-refractivity contribution in [3.63, 3.8) is 0 Å². The summed E-state index contributed by atoms with van der Waals surface area (Å²) in [5.41, 5.74) is 6.04. The Labute approximate surface area is 132 Å². The van der Waals surface area contributed by atoms with E-state index in [-0.39, 0.29) is 9.79 Å². The molecule has 5 nitrogen and oxygen atoms in total. The average molecular weight is 335 g/mol. The molecule has 2 aromatic rings. The maximum absolute atomic E-state index is 13.3. The fraction of sp³-hybridized carbons (Fsp3) is 0.188. The van der Waals surface area contributed by atoms with Crippen LogP contribution >= 0.6 is 0 Å². The van der Waals surface area contributed by atoms with Crippen LogP contribution in [0.4, 0.5) is 4.39 Å². The van der Waals surface area contributed by atoms with Gasteiger partial charge in [0.1, 0.15) is 11.6 Å². The molecule has 7 heteroatoms. The number of rotatable bonds is 3. The van der Waals surface area contributed by atoms with Crippen molar-refractivity contribution in [2.45, 2.75) is 28.7 Å².